The van der Waals surface area contributed by atoms with E-state index in [-0.39, 0.29) is 17.5 Å². The molecular formula is C16H23NO2. The van der Waals surface area contributed by atoms with Crippen molar-refractivity contribution >= 4 is 0 Å². The predicted octanol–water partition coefficient (Wildman–Crippen LogP) is 3.18. The monoisotopic (exact) mass is 261 g/mol. The van der Waals surface area contributed by atoms with Crippen LogP contribution in [0, 0.1) is 17.8 Å². The summed E-state index contributed by atoms with van der Waals surface area (Å²) in [5.41, 5.74) is 0.864. The van der Waals surface area contributed by atoms with E-state index in [0.29, 0.717) is 0 Å². The van der Waals surface area contributed by atoms with Crippen molar-refractivity contribution in [3.05, 3.63) is 23.8 Å². The molecule has 3 rings (SSSR count). The number of benzene rings is 1. The molecule has 0 saturated heterocycles. The van der Waals surface area contributed by atoms with Gasteiger partial charge in [-0.25, -0.2) is 0 Å². The van der Waals surface area contributed by atoms with Crippen molar-refractivity contribution in [3.8, 4) is 11.5 Å². The Morgan fingerprint density at radius 3 is 2.32 bits per heavy atom. The van der Waals surface area contributed by atoms with E-state index in [1.54, 1.807) is 12.1 Å². The quantitative estimate of drug-likeness (QED) is 0.737. The van der Waals surface area contributed by atoms with Crippen LogP contribution in [0.4, 0.5) is 0 Å². The summed E-state index contributed by atoms with van der Waals surface area (Å²) in [6, 6.07) is 4.96. The van der Waals surface area contributed by atoms with E-state index >= 15 is 0 Å². The van der Waals surface area contributed by atoms with Gasteiger partial charge in [0.25, 0.3) is 0 Å². The Morgan fingerprint density at radius 2 is 1.79 bits per heavy atom. The van der Waals surface area contributed by atoms with Gasteiger partial charge in [0.1, 0.15) is 11.5 Å². The van der Waals surface area contributed by atoms with Gasteiger partial charge >= 0.3 is 0 Å². The molecule has 0 amide bonds. The number of hydrogen-bond acceptors (Lipinski definition) is 3. The van der Waals surface area contributed by atoms with Crippen LogP contribution < -0.4 is 5.32 Å². The van der Waals surface area contributed by atoms with Gasteiger partial charge < -0.3 is 15.5 Å². The number of rotatable bonds is 6. The molecule has 0 aromatic heterocycles. The Morgan fingerprint density at radius 1 is 1.16 bits per heavy atom. The van der Waals surface area contributed by atoms with Crippen LogP contribution in [0.25, 0.3) is 0 Å². The lowest BCUT2D eigenvalue weighted by atomic mass is 9.97. The molecule has 0 spiro atoms. The molecule has 2 aliphatic rings. The molecule has 104 valence electrons. The SMILES string of the molecule is CC(NCC(C1CC1)C1CC1)c1ccc(O)cc1O. The fourth-order valence-electron chi connectivity index (χ4n) is 3.09. The normalized spacial score (nSPS) is 20.7. The molecule has 0 bridgehead atoms. The van der Waals surface area contributed by atoms with E-state index < -0.39 is 0 Å². The first-order chi connectivity index (χ1) is 9.15. The van der Waals surface area contributed by atoms with Crippen LogP contribution in [0.3, 0.4) is 0 Å². The van der Waals surface area contributed by atoms with Crippen LogP contribution >= 0.6 is 0 Å². The summed E-state index contributed by atoms with van der Waals surface area (Å²) in [6.45, 7) is 3.12. The fraction of sp³-hybridized carbons (Fsp3) is 0.625. The van der Waals surface area contributed by atoms with Crippen molar-refractivity contribution in [2.45, 2.75) is 38.6 Å². The predicted molar refractivity (Wildman–Crippen MR) is 75.1 cm³/mol. The Labute approximate surface area is 114 Å². The molecule has 19 heavy (non-hydrogen) atoms. The molecule has 2 fully saturated rings. The molecule has 0 heterocycles. The zero-order valence-electron chi connectivity index (χ0n) is 11.5. The van der Waals surface area contributed by atoms with Gasteiger partial charge in [-0.15, -0.1) is 0 Å². The lowest BCUT2D eigenvalue weighted by molar-refractivity contribution is 0.358. The second kappa shape index (κ2) is 5.04. The number of hydrogen-bond donors (Lipinski definition) is 3. The maximum Gasteiger partial charge on any atom is 0.124 e. The molecule has 1 atom stereocenters. The number of nitrogens with one attached hydrogen (secondary N) is 1. The molecule has 3 N–H and O–H groups in total. The third kappa shape index (κ3) is 3.03. The Bertz CT molecular complexity index is 440. The highest BCUT2D eigenvalue weighted by Gasteiger charge is 2.41. The van der Waals surface area contributed by atoms with Gasteiger partial charge in [0.15, 0.2) is 0 Å². The summed E-state index contributed by atoms with van der Waals surface area (Å²) in [7, 11) is 0. The van der Waals surface area contributed by atoms with Crippen LogP contribution in [0.15, 0.2) is 18.2 Å². The van der Waals surface area contributed by atoms with E-state index in [1.165, 1.54) is 31.7 Å². The molecule has 2 aliphatic carbocycles. The zero-order chi connectivity index (χ0) is 13.4. The fourth-order valence-corrected chi connectivity index (χ4v) is 3.09. The van der Waals surface area contributed by atoms with Crippen molar-refractivity contribution in [1.29, 1.82) is 0 Å². The van der Waals surface area contributed by atoms with E-state index in [2.05, 4.69) is 12.2 Å². The zero-order valence-corrected chi connectivity index (χ0v) is 11.5. The van der Waals surface area contributed by atoms with Gasteiger partial charge in [0.2, 0.25) is 0 Å². The number of aromatic hydroxyl groups is 2. The van der Waals surface area contributed by atoms with Gasteiger partial charge in [0, 0.05) is 17.7 Å². The van der Waals surface area contributed by atoms with Crippen LogP contribution in [0.5, 0.6) is 11.5 Å². The largest absolute Gasteiger partial charge is 0.508 e. The van der Waals surface area contributed by atoms with Crippen molar-refractivity contribution in [2.75, 3.05) is 6.54 Å². The molecule has 3 nitrogen and oxygen atoms in total. The van der Waals surface area contributed by atoms with E-state index in [0.717, 1.165) is 29.9 Å². The standard InChI is InChI=1S/C16H23NO2/c1-10(14-7-6-13(18)8-16(14)19)17-9-15(11-2-3-11)12-4-5-12/h6-8,10-12,15,17-19H,2-5,9H2,1H3. The molecule has 0 radical (unpaired) electrons. The molecule has 2 saturated carbocycles. The summed E-state index contributed by atoms with van der Waals surface area (Å²) in [5, 5.41) is 22.7. The molecule has 1 aromatic carbocycles. The van der Waals surface area contributed by atoms with E-state index in [1.807, 2.05) is 0 Å². The number of phenols is 2. The smallest absolute Gasteiger partial charge is 0.124 e. The molecule has 0 aliphatic heterocycles. The summed E-state index contributed by atoms with van der Waals surface area (Å²) in [5.74, 6) is 3.01. The molecule has 1 aromatic rings. The third-order valence-electron chi connectivity index (χ3n) is 4.60. The summed E-state index contributed by atoms with van der Waals surface area (Å²) < 4.78 is 0. The lowest BCUT2D eigenvalue weighted by Crippen LogP contribution is -2.28. The van der Waals surface area contributed by atoms with Crippen molar-refractivity contribution in [2.24, 2.45) is 17.8 Å². The van der Waals surface area contributed by atoms with Crippen molar-refractivity contribution in [3.63, 3.8) is 0 Å². The maximum absolute atomic E-state index is 9.87. The highest BCUT2D eigenvalue weighted by molar-refractivity contribution is 5.40. The third-order valence-corrected chi connectivity index (χ3v) is 4.60. The first kappa shape index (κ1) is 12.8. The molecule has 3 heteroatoms. The Kier molecular flexibility index (Phi) is 3.40. The Balaban J connectivity index is 1.59. The number of phenolic OH excluding ortho intramolecular Hbond substituents is 2. The highest BCUT2D eigenvalue weighted by Crippen LogP contribution is 2.49. The van der Waals surface area contributed by atoms with Gasteiger partial charge in [-0.2, -0.15) is 0 Å². The molecular weight excluding hydrogens is 238 g/mol. The van der Waals surface area contributed by atoms with Gasteiger partial charge in [-0.3, -0.25) is 0 Å². The first-order valence-corrected chi connectivity index (χ1v) is 7.40. The van der Waals surface area contributed by atoms with Crippen LogP contribution in [-0.2, 0) is 0 Å². The summed E-state index contributed by atoms with van der Waals surface area (Å²) >= 11 is 0. The maximum atomic E-state index is 9.87. The van der Waals surface area contributed by atoms with Crippen LogP contribution in [0.1, 0.15) is 44.2 Å². The minimum absolute atomic E-state index is 0.113. The van der Waals surface area contributed by atoms with Gasteiger partial charge in [-0.1, -0.05) is 6.07 Å². The van der Waals surface area contributed by atoms with Crippen molar-refractivity contribution < 1.29 is 10.2 Å². The van der Waals surface area contributed by atoms with Gasteiger partial charge in [0.05, 0.1) is 0 Å². The topological polar surface area (TPSA) is 52.5 Å². The highest BCUT2D eigenvalue weighted by atomic mass is 16.3. The summed E-state index contributed by atoms with van der Waals surface area (Å²) in [6.07, 6.45) is 5.62. The minimum atomic E-state index is 0.113. The lowest BCUT2D eigenvalue weighted by Gasteiger charge is -2.21. The first-order valence-electron chi connectivity index (χ1n) is 7.40. The van der Waals surface area contributed by atoms with Gasteiger partial charge in [-0.05, 0) is 63.0 Å². The van der Waals surface area contributed by atoms with E-state index in [9.17, 15) is 10.2 Å². The van der Waals surface area contributed by atoms with E-state index in [4.69, 9.17) is 0 Å². The minimum Gasteiger partial charge on any atom is -0.508 e. The molecule has 1 unspecified atom stereocenters. The van der Waals surface area contributed by atoms with Crippen LogP contribution in [-0.4, -0.2) is 16.8 Å². The second-order valence-electron chi connectivity index (χ2n) is 6.21. The Hall–Kier alpha value is -1.22. The average Bonchev–Trinajstić information content (AvgIpc) is 3.23. The second-order valence-corrected chi connectivity index (χ2v) is 6.21. The summed E-state index contributed by atoms with van der Waals surface area (Å²) in [4.78, 5) is 0. The average molecular weight is 261 g/mol. The van der Waals surface area contributed by atoms with Crippen molar-refractivity contribution in [1.82, 2.24) is 5.32 Å². The van der Waals surface area contributed by atoms with Crippen LogP contribution in [0.2, 0.25) is 0 Å².